The highest BCUT2D eigenvalue weighted by Gasteiger charge is 2.35. The molecule has 2 aliphatic heterocycles. The molecule has 0 aromatic heterocycles. The monoisotopic (exact) mass is 537 g/mol. The molecule has 2 aliphatic rings. The quantitative estimate of drug-likeness (QED) is 0.299. The highest BCUT2D eigenvalue weighted by atomic mass is 16.6. The van der Waals surface area contributed by atoms with Crippen molar-refractivity contribution in [2.45, 2.75) is 39.0 Å². The number of rotatable bonds is 8. The summed E-state index contributed by atoms with van der Waals surface area (Å²) in [6, 6.07) is 15.1. The van der Waals surface area contributed by atoms with Gasteiger partial charge in [0.1, 0.15) is 23.7 Å². The Labute approximate surface area is 228 Å². The predicted octanol–water partition coefficient (Wildman–Crippen LogP) is 3.08. The number of esters is 1. The summed E-state index contributed by atoms with van der Waals surface area (Å²) in [5.74, 6) is 0.0566. The van der Waals surface area contributed by atoms with Crippen molar-refractivity contribution in [2.24, 2.45) is 0 Å². The van der Waals surface area contributed by atoms with Crippen LogP contribution in [0.1, 0.15) is 26.3 Å². The third-order valence-corrected chi connectivity index (χ3v) is 6.63. The first-order valence-electron chi connectivity index (χ1n) is 13.1. The number of piperazine rings is 1. The number of benzene rings is 2. The number of hydrogen-bond acceptors (Lipinski definition) is 9. The molecule has 0 bridgehead atoms. The molecule has 2 unspecified atom stereocenters. The second kappa shape index (κ2) is 12.7. The van der Waals surface area contributed by atoms with Gasteiger partial charge in [-0.05, 0) is 57.2 Å². The van der Waals surface area contributed by atoms with Crippen molar-refractivity contribution in [3.05, 3.63) is 60.2 Å². The highest BCUT2D eigenvalue weighted by Crippen LogP contribution is 2.23. The summed E-state index contributed by atoms with van der Waals surface area (Å²) in [5, 5.41) is 10.6. The fourth-order valence-corrected chi connectivity index (χ4v) is 4.53. The van der Waals surface area contributed by atoms with E-state index in [1.165, 1.54) is 0 Å². The first-order valence-corrected chi connectivity index (χ1v) is 13.1. The SMILES string of the molecule is CC(C)OC(=O)C(C)N1CCN(CC2CN(c3ccc(C(=N)NC(=O)Oc4ccccc4)cc3)C(=O)O2)CC1. The molecule has 2 N–H and O–H groups in total. The molecule has 2 amide bonds. The van der Waals surface area contributed by atoms with Gasteiger partial charge in [0.05, 0.1) is 12.6 Å². The molecular weight excluding hydrogens is 502 g/mol. The standard InChI is InChI=1S/C28H35N5O6/c1-19(2)37-26(34)20(3)32-15-13-31(14-16-32)17-24-18-33(28(36)39-24)22-11-9-21(10-12-22)25(29)30-27(35)38-23-7-5-4-6-8-23/h4-12,19-20,24H,13-18H2,1-3H3,(H2,29,30,35). The van der Waals surface area contributed by atoms with Gasteiger partial charge < -0.3 is 14.2 Å². The molecule has 11 heteroatoms. The van der Waals surface area contributed by atoms with Crippen molar-refractivity contribution >= 4 is 29.7 Å². The van der Waals surface area contributed by atoms with Gasteiger partial charge in [0.15, 0.2) is 0 Å². The third-order valence-electron chi connectivity index (χ3n) is 6.63. The first-order chi connectivity index (χ1) is 18.7. The number of ether oxygens (including phenoxy) is 3. The van der Waals surface area contributed by atoms with Gasteiger partial charge in [0.2, 0.25) is 0 Å². The minimum absolute atomic E-state index is 0.115. The first kappa shape index (κ1) is 28.1. The number of amides is 2. The maximum atomic E-state index is 12.6. The van der Waals surface area contributed by atoms with Crippen LogP contribution in [0, 0.1) is 5.41 Å². The number of anilines is 1. The lowest BCUT2D eigenvalue weighted by molar-refractivity contribution is -0.154. The minimum atomic E-state index is -0.757. The van der Waals surface area contributed by atoms with E-state index in [1.807, 2.05) is 26.8 Å². The second-order valence-electron chi connectivity index (χ2n) is 9.86. The maximum Gasteiger partial charge on any atom is 0.418 e. The normalized spacial score (nSPS) is 18.9. The lowest BCUT2D eigenvalue weighted by Gasteiger charge is -2.37. The largest absolute Gasteiger partial charge is 0.462 e. The molecule has 0 spiro atoms. The van der Waals surface area contributed by atoms with E-state index in [2.05, 4.69) is 15.1 Å². The van der Waals surface area contributed by atoms with Crippen molar-refractivity contribution in [2.75, 3.05) is 44.2 Å². The molecule has 2 aromatic carbocycles. The van der Waals surface area contributed by atoms with Gasteiger partial charge in [-0.3, -0.25) is 30.2 Å². The van der Waals surface area contributed by atoms with Crippen molar-refractivity contribution in [1.29, 1.82) is 5.41 Å². The van der Waals surface area contributed by atoms with Crippen LogP contribution >= 0.6 is 0 Å². The zero-order valence-electron chi connectivity index (χ0n) is 22.5. The summed E-state index contributed by atoms with van der Waals surface area (Å²) in [5.41, 5.74) is 1.12. The van der Waals surface area contributed by atoms with Crippen LogP contribution < -0.4 is 15.0 Å². The van der Waals surface area contributed by atoms with E-state index in [4.69, 9.17) is 19.6 Å². The van der Waals surface area contributed by atoms with Crippen LogP contribution in [0.5, 0.6) is 5.75 Å². The van der Waals surface area contributed by atoms with Crippen LogP contribution in [0.3, 0.4) is 0 Å². The average molecular weight is 538 g/mol. The summed E-state index contributed by atoms with van der Waals surface area (Å²) in [6.45, 7) is 9.59. The van der Waals surface area contributed by atoms with Crippen LogP contribution in [-0.2, 0) is 14.3 Å². The van der Waals surface area contributed by atoms with Gasteiger partial charge in [-0.2, -0.15) is 0 Å². The fraction of sp³-hybridized carbons (Fsp3) is 0.429. The molecule has 0 saturated carbocycles. The average Bonchev–Trinajstić information content (AvgIpc) is 3.28. The Morgan fingerprint density at radius 1 is 1.03 bits per heavy atom. The third kappa shape index (κ3) is 7.55. The van der Waals surface area contributed by atoms with Crippen molar-refractivity contribution in [3.8, 4) is 5.75 Å². The minimum Gasteiger partial charge on any atom is -0.462 e. The number of carbonyl (C=O) groups is 3. The van der Waals surface area contributed by atoms with E-state index in [9.17, 15) is 14.4 Å². The lowest BCUT2D eigenvalue weighted by atomic mass is 10.1. The molecule has 39 heavy (non-hydrogen) atoms. The highest BCUT2D eigenvalue weighted by molar-refractivity contribution is 6.05. The smallest absolute Gasteiger partial charge is 0.418 e. The van der Waals surface area contributed by atoms with Crippen LogP contribution in [0.25, 0.3) is 0 Å². The Morgan fingerprint density at radius 2 is 1.69 bits per heavy atom. The van der Waals surface area contributed by atoms with E-state index in [-0.39, 0.29) is 30.1 Å². The molecule has 2 heterocycles. The number of carbonyl (C=O) groups excluding carboxylic acids is 3. The van der Waals surface area contributed by atoms with Crippen molar-refractivity contribution in [3.63, 3.8) is 0 Å². The van der Waals surface area contributed by atoms with Gasteiger partial charge in [0.25, 0.3) is 0 Å². The Morgan fingerprint density at radius 3 is 2.33 bits per heavy atom. The van der Waals surface area contributed by atoms with Crippen LogP contribution in [0.15, 0.2) is 54.6 Å². The van der Waals surface area contributed by atoms with Gasteiger partial charge in [-0.1, -0.05) is 18.2 Å². The topological polar surface area (TPSA) is 125 Å². The van der Waals surface area contributed by atoms with Gasteiger partial charge in [-0.15, -0.1) is 0 Å². The predicted molar refractivity (Wildman–Crippen MR) is 145 cm³/mol. The van der Waals surface area contributed by atoms with Crippen LogP contribution in [-0.4, -0.2) is 91.3 Å². The van der Waals surface area contributed by atoms with Crippen LogP contribution in [0.2, 0.25) is 0 Å². The molecule has 4 rings (SSSR count). The van der Waals surface area contributed by atoms with Gasteiger partial charge in [0, 0.05) is 44.0 Å². The molecular formula is C28H35N5O6. The number of nitrogens with zero attached hydrogens (tertiary/aromatic N) is 3. The van der Waals surface area contributed by atoms with E-state index in [0.717, 1.165) is 26.2 Å². The zero-order chi connectivity index (χ0) is 27.9. The van der Waals surface area contributed by atoms with Crippen LogP contribution in [0.4, 0.5) is 15.3 Å². The van der Waals surface area contributed by atoms with E-state index in [1.54, 1.807) is 53.4 Å². The number of hydrogen-bond donors (Lipinski definition) is 2. The molecule has 0 radical (unpaired) electrons. The number of para-hydroxylation sites is 1. The summed E-state index contributed by atoms with van der Waals surface area (Å²) < 4.78 is 16.1. The summed E-state index contributed by atoms with van der Waals surface area (Å²) in [6.07, 6.45) is -1.59. The summed E-state index contributed by atoms with van der Waals surface area (Å²) in [7, 11) is 0. The maximum absolute atomic E-state index is 12.6. The van der Waals surface area contributed by atoms with Crippen molar-refractivity contribution < 1.29 is 28.6 Å². The Balaban J connectivity index is 1.24. The van der Waals surface area contributed by atoms with Gasteiger partial charge >= 0.3 is 18.2 Å². The van der Waals surface area contributed by atoms with E-state index in [0.29, 0.717) is 30.1 Å². The number of nitrogens with one attached hydrogen (secondary N) is 2. The van der Waals surface area contributed by atoms with E-state index >= 15 is 0 Å². The molecule has 208 valence electrons. The van der Waals surface area contributed by atoms with Gasteiger partial charge in [-0.25, -0.2) is 9.59 Å². The Hall–Kier alpha value is -3.96. The fourth-order valence-electron chi connectivity index (χ4n) is 4.53. The molecule has 11 nitrogen and oxygen atoms in total. The van der Waals surface area contributed by atoms with Crippen molar-refractivity contribution in [1.82, 2.24) is 15.1 Å². The molecule has 0 aliphatic carbocycles. The molecule has 2 fully saturated rings. The molecule has 2 aromatic rings. The van der Waals surface area contributed by atoms with E-state index < -0.39 is 12.2 Å². The summed E-state index contributed by atoms with van der Waals surface area (Å²) in [4.78, 5) is 42.8. The number of cyclic esters (lactones) is 1. The Bertz CT molecular complexity index is 1160. The molecule has 2 saturated heterocycles. The molecule has 2 atom stereocenters. The Kier molecular flexibility index (Phi) is 9.15. The summed E-state index contributed by atoms with van der Waals surface area (Å²) >= 11 is 0. The lowest BCUT2D eigenvalue weighted by Crippen LogP contribution is -2.53. The zero-order valence-corrected chi connectivity index (χ0v) is 22.5. The second-order valence-corrected chi connectivity index (χ2v) is 9.86. The number of amidine groups is 1.